The maximum atomic E-state index is 13.4. The van der Waals surface area contributed by atoms with E-state index in [0.717, 1.165) is 23.4 Å². The van der Waals surface area contributed by atoms with Crippen molar-refractivity contribution in [2.75, 3.05) is 0 Å². The lowest BCUT2D eigenvalue weighted by atomic mass is 10.1. The van der Waals surface area contributed by atoms with E-state index in [9.17, 15) is 4.79 Å². The molecule has 0 fully saturated rings. The fourth-order valence-corrected chi connectivity index (χ4v) is 3.41. The summed E-state index contributed by atoms with van der Waals surface area (Å²) in [6.07, 6.45) is 0.804. The van der Waals surface area contributed by atoms with E-state index in [1.54, 1.807) is 18.2 Å². The average Bonchev–Trinajstić information content (AvgIpc) is 2.69. The number of hydrogen-bond acceptors (Lipinski definition) is 5. The Morgan fingerprint density at radius 1 is 1.03 bits per heavy atom. The second-order valence-electron chi connectivity index (χ2n) is 6.79. The number of fused-ring (bicyclic) bond motifs is 1. The molecule has 0 radical (unpaired) electrons. The van der Waals surface area contributed by atoms with E-state index in [-0.39, 0.29) is 22.9 Å². The Morgan fingerprint density at radius 3 is 2.45 bits per heavy atom. The largest absolute Gasteiger partial charge is 0.452 e. The fourth-order valence-electron chi connectivity index (χ4n) is 3.19. The van der Waals surface area contributed by atoms with Crippen LogP contribution in [0, 0.1) is 13.8 Å². The smallest absolute Gasteiger partial charge is 0.322 e. The molecule has 0 aliphatic heterocycles. The molecule has 0 bridgehead atoms. The third-order valence-corrected chi connectivity index (χ3v) is 4.92. The van der Waals surface area contributed by atoms with Crippen molar-refractivity contribution in [3.05, 3.63) is 80.7 Å². The third kappa shape index (κ3) is 3.74. The molecule has 29 heavy (non-hydrogen) atoms. The molecule has 0 aliphatic rings. The lowest BCUT2D eigenvalue weighted by Gasteiger charge is -2.12. The number of hydrogen-bond donors (Lipinski definition) is 0. The number of halogens is 1. The number of aryl methyl sites for hydroxylation is 3. The summed E-state index contributed by atoms with van der Waals surface area (Å²) in [5.41, 5.74) is 3.25. The second-order valence-corrected chi connectivity index (χ2v) is 7.20. The Hall–Kier alpha value is -3.18. The van der Waals surface area contributed by atoms with Gasteiger partial charge in [-0.3, -0.25) is 4.79 Å². The van der Waals surface area contributed by atoms with Crippen molar-refractivity contribution in [2.24, 2.45) is 0 Å². The van der Waals surface area contributed by atoms with E-state index in [1.165, 1.54) is 0 Å². The van der Waals surface area contributed by atoms with E-state index in [2.05, 4.69) is 9.97 Å². The lowest BCUT2D eigenvalue weighted by Crippen LogP contribution is -2.09. The Kier molecular flexibility index (Phi) is 5.07. The Morgan fingerprint density at radius 2 is 1.76 bits per heavy atom. The summed E-state index contributed by atoms with van der Waals surface area (Å²) in [7, 11) is 0. The van der Waals surface area contributed by atoms with Gasteiger partial charge in [-0.15, -0.1) is 0 Å². The van der Waals surface area contributed by atoms with Crippen LogP contribution in [-0.2, 0) is 6.42 Å². The number of benzene rings is 2. The molecule has 0 amide bonds. The van der Waals surface area contributed by atoms with Crippen LogP contribution >= 0.6 is 11.6 Å². The molecule has 0 atom stereocenters. The number of ether oxygens (including phenoxy) is 1. The van der Waals surface area contributed by atoms with Gasteiger partial charge >= 0.3 is 6.01 Å². The Labute approximate surface area is 173 Å². The van der Waals surface area contributed by atoms with Gasteiger partial charge < -0.3 is 9.15 Å². The molecule has 2 aromatic carbocycles. The van der Waals surface area contributed by atoms with Crippen LogP contribution < -0.4 is 10.2 Å². The van der Waals surface area contributed by atoms with Crippen molar-refractivity contribution in [1.29, 1.82) is 0 Å². The van der Waals surface area contributed by atoms with Crippen LogP contribution in [0.4, 0.5) is 0 Å². The van der Waals surface area contributed by atoms with E-state index in [4.69, 9.17) is 20.8 Å². The van der Waals surface area contributed by atoms with Crippen molar-refractivity contribution in [3.8, 4) is 23.1 Å². The van der Waals surface area contributed by atoms with Crippen molar-refractivity contribution in [1.82, 2.24) is 9.97 Å². The second kappa shape index (κ2) is 7.68. The monoisotopic (exact) mass is 406 g/mol. The first kappa shape index (κ1) is 19.2. The van der Waals surface area contributed by atoms with Gasteiger partial charge in [0.15, 0.2) is 5.76 Å². The SMILES string of the molecule is CCc1ccc2oc(-c3ccccc3Cl)c(Oc3nc(C)cc(C)n3)c(=O)c2c1. The first-order chi connectivity index (χ1) is 14.0. The highest BCUT2D eigenvalue weighted by Crippen LogP contribution is 2.36. The molecule has 146 valence electrons. The third-order valence-electron chi connectivity index (χ3n) is 4.59. The van der Waals surface area contributed by atoms with E-state index < -0.39 is 0 Å². The van der Waals surface area contributed by atoms with Gasteiger partial charge in [0.05, 0.1) is 10.4 Å². The molecule has 0 spiro atoms. The van der Waals surface area contributed by atoms with Crippen molar-refractivity contribution >= 4 is 22.6 Å². The van der Waals surface area contributed by atoms with Crippen LogP contribution in [0.5, 0.6) is 11.8 Å². The molecule has 0 N–H and O–H groups in total. The molecule has 0 aliphatic carbocycles. The summed E-state index contributed by atoms with van der Waals surface area (Å²) in [5.74, 6) is 0.268. The zero-order chi connectivity index (χ0) is 20.5. The average molecular weight is 407 g/mol. The van der Waals surface area contributed by atoms with Gasteiger partial charge in [-0.1, -0.05) is 36.7 Å². The minimum absolute atomic E-state index is 0.0175. The molecule has 0 saturated carbocycles. The standard InChI is InChI=1S/C23H19ClN2O3/c1-4-15-9-10-19-17(12-15)20(27)22(29-23-25-13(2)11-14(3)26-23)21(28-19)16-7-5-6-8-18(16)24/h5-12H,4H2,1-3H3. The summed E-state index contributed by atoms with van der Waals surface area (Å²) >= 11 is 6.39. The number of nitrogens with zero attached hydrogens (tertiary/aromatic N) is 2. The predicted octanol–water partition coefficient (Wildman–Crippen LogP) is 5.87. The van der Waals surface area contributed by atoms with Crippen molar-refractivity contribution in [3.63, 3.8) is 0 Å². The molecule has 0 unspecified atom stereocenters. The number of rotatable bonds is 4. The molecule has 6 heteroatoms. The summed E-state index contributed by atoms with van der Waals surface area (Å²) in [5, 5.41) is 0.894. The highest BCUT2D eigenvalue weighted by molar-refractivity contribution is 6.33. The topological polar surface area (TPSA) is 65.2 Å². The quantitative estimate of drug-likeness (QED) is 0.423. The highest BCUT2D eigenvalue weighted by atomic mass is 35.5. The Balaban J connectivity index is 2.00. The minimum atomic E-state index is -0.292. The molecular weight excluding hydrogens is 388 g/mol. The Bertz CT molecular complexity index is 1260. The van der Waals surface area contributed by atoms with E-state index in [0.29, 0.717) is 21.6 Å². The van der Waals surface area contributed by atoms with Gasteiger partial charge in [0.25, 0.3) is 0 Å². The van der Waals surface area contributed by atoms with Crippen LogP contribution in [0.1, 0.15) is 23.9 Å². The molecule has 4 rings (SSSR count). The maximum absolute atomic E-state index is 13.4. The lowest BCUT2D eigenvalue weighted by molar-refractivity contribution is 0.421. The predicted molar refractivity (Wildman–Crippen MR) is 114 cm³/mol. The highest BCUT2D eigenvalue weighted by Gasteiger charge is 2.21. The zero-order valence-electron chi connectivity index (χ0n) is 16.3. The fraction of sp³-hybridized carbons (Fsp3) is 0.174. The maximum Gasteiger partial charge on any atom is 0.322 e. The summed E-state index contributed by atoms with van der Waals surface area (Å²) in [4.78, 5) is 22.0. The van der Waals surface area contributed by atoms with Gasteiger partial charge in [-0.2, -0.15) is 0 Å². The van der Waals surface area contributed by atoms with Gasteiger partial charge in [0.2, 0.25) is 11.2 Å². The molecule has 0 saturated heterocycles. The van der Waals surface area contributed by atoms with Crippen LogP contribution in [0.3, 0.4) is 0 Å². The van der Waals surface area contributed by atoms with Crippen molar-refractivity contribution in [2.45, 2.75) is 27.2 Å². The molecular formula is C23H19ClN2O3. The van der Waals surface area contributed by atoms with Gasteiger partial charge in [0, 0.05) is 17.0 Å². The summed E-state index contributed by atoms with van der Waals surface area (Å²) in [6, 6.07) is 14.6. The first-order valence-corrected chi connectivity index (χ1v) is 9.69. The van der Waals surface area contributed by atoms with Gasteiger partial charge in [-0.25, -0.2) is 9.97 Å². The summed E-state index contributed by atoms with van der Waals surface area (Å²) < 4.78 is 12.0. The van der Waals surface area contributed by atoms with Gasteiger partial charge in [0.1, 0.15) is 5.58 Å². The molecule has 5 nitrogen and oxygen atoms in total. The minimum Gasteiger partial charge on any atom is -0.452 e. The normalized spacial score (nSPS) is 11.0. The number of aromatic nitrogens is 2. The van der Waals surface area contributed by atoms with Crippen LogP contribution in [0.2, 0.25) is 5.02 Å². The summed E-state index contributed by atoms with van der Waals surface area (Å²) in [6.45, 7) is 5.71. The van der Waals surface area contributed by atoms with E-state index >= 15 is 0 Å². The van der Waals surface area contributed by atoms with Crippen LogP contribution in [0.25, 0.3) is 22.3 Å². The van der Waals surface area contributed by atoms with Crippen LogP contribution in [-0.4, -0.2) is 9.97 Å². The van der Waals surface area contributed by atoms with Crippen molar-refractivity contribution < 1.29 is 9.15 Å². The zero-order valence-corrected chi connectivity index (χ0v) is 17.1. The molecule has 2 heterocycles. The first-order valence-electron chi connectivity index (χ1n) is 9.31. The molecule has 4 aromatic rings. The molecule has 2 aromatic heterocycles. The van der Waals surface area contributed by atoms with Crippen LogP contribution in [0.15, 0.2) is 57.7 Å². The van der Waals surface area contributed by atoms with E-state index in [1.807, 2.05) is 51.1 Å². The van der Waals surface area contributed by atoms with Gasteiger partial charge in [-0.05, 0) is 56.2 Å².